The van der Waals surface area contributed by atoms with E-state index in [0.717, 1.165) is 6.42 Å². The van der Waals surface area contributed by atoms with Crippen molar-refractivity contribution in [3.63, 3.8) is 0 Å². The first-order chi connectivity index (χ1) is 7.32. The van der Waals surface area contributed by atoms with Gasteiger partial charge in [-0.25, -0.2) is 0 Å². The summed E-state index contributed by atoms with van der Waals surface area (Å²) in [6, 6.07) is 6.38. The topological polar surface area (TPSA) is 17.1 Å². The molecule has 0 radical (unpaired) electrons. The van der Waals surface area contributed by atoms with Crippen molar-refractivity contribution in [2.75, 3.05) is 0 Å². The number of rotatable bonds is 4. The van der Waals surface area contributed by atoms with Crippen LogP contribution in [0.25, 0.3) is 0 Å². The number of ketones is 1. The predicted molar refractivity (Wildman–Crippen MR) is 68.7 cm³/mol. The standard InChI is InChI=1S/C15H22O/c1-11-7-6-8-12(2)14(11)10-15(4,5)9-13(3)16/h6-8H,9-10H2,1-5H3. The molecule has 16 heavy (non-hydrogen) atoms. The van der Waals surface area contributed by atoms with Crippen LogP contribution in [0.4, 0.5) is 0 Å². The first kappa shape index (κ1) is 13.0. The van der Waals surface area contributed by atoms with Crippen LogP contribution >= 0.6 is 0 Å². The monoisotopic (exact) mass is 218 g/mol. The maximum atomic E-state index is 11.2. The first-order valence-corrected chi connectivity index (χ1v) is 5.86. The molecular formula is C15H22O. The van der Waals surface area contributed by atoms with Gasteiger partial charge in [-0.05, 0) is 49.3 Å². The van der Waals surface area contributed by atoms with Gasteiger partial charge in [0.15, 0.2) is 0 Å². The number of Topliss-reactive ketones (excluding diaryl/α,β-unsaturated/α-hetero) is 1. The molecule has 0 aliphatic heterocycles. The SMILES string of the molecule is CC(=O)CC(C)(C)Cc1c(C)cccc1C. The van der Waals surface area contributed by atoms with E-state index < -0.39 is 0 Å². The fourth-order valence-corrected chi connectivity index (χ4v) is 2.34. The van der Waals surface area contributed by atoms with Crippen LogP contribution in [0.1, 0.15) is 43.9 Å². The maximum absolute atomic E-state index is 11.2. The van der Waals surface area contributed by atoms with Gasteiger partial charge in [-0.15, -0.1) is 0 Å². The van der Waals surface area contributed by atoms with Crippen molar-refractivity contribution in [2.24, 2.45) is 5.41 Å². The molecule has 1 aromatic rings. The zero-order valence-electron chi connectivity index (χ0n) is 11.1. The average molecular weight is 218 g/mol. The van der Waals surface area contributed by atoms with Gasteiger partial charge in [-0.3, -0.25) is 0 Å². The van der Waals surface area contributed by atoms with E-state index in [1.54, 1.807) is 6.92 Å². The Bertz CT molecular complexity index is 368. The van der Waals surface area contributed by atoms with Gasteiger partial charge in [0.25, 0.3) is 0 Å². The summed E-state index contributed by atoms with van der Waals surface area (Å²) in [5, 5.41) is 0. The zero-order valence-corrected chi connectivity index (χ0v) is 11.1. The maximum Gasteiger partial charge on any atom is 0.130 e. The number of aryl methyl sites for hydroxylation is 2. The highest BCUT2D eigenvalue weighted by atomic mass is 16.1. The predicted octanol–water partition coefficient (Wildman–Crippen LogP) is 3.85. The third kappa shape index (κ3) is 3.48. The Morgan fingerprint density at radius 2 is 1.69 bits per heavy atom. The second-order valence-corrected chi connectivity index (χ2v) is 5.59. The Kier molecular flexibility index (Phi) is 3.90. The lowest BCUT2D eigenvalue weighted by atomic mass is 9.79. The second-order valence-electron chi connectivity index (χ2n) is 5.59. The third-order valence-electron chi connectivity index (χ3n) is 3.03. The van der Waals surface area contributed by atoms with Gasteiger partial charge in [0.05, 0.1) is 0 Å². The molecular weight excluding hydrogens is 196 g/mol. The molecule has 0 heterocycles. The molecule has 0 unspecified atom stereocenters. The summed E-state index contributed by atoms with van der Waals surface area (Å²) in [5.74, 6) is 0.274. The number of carbonyl (C=O) groups excluding carboxylic acids is 1. The smallest absolute Gasteiger partial charge is 0.130 e. The lowest BCUT2D eigenvalue weighted by Gasteiger charge is -2.25. The lowest BCUT2D eigenvalue weighted by molar-refractivity contribution is -0.118. The molecule has 1 heteroatoms. The van der Waals surface area contributed by atoms with Gasteiger partial charge in [0.2, 0.25) is 0 Å². The molecule has 1 rings (SSSR count). The largest absolute Gasteiger partial charge is 0.300 e. The van der Waals surface area contributed by atoms with E-state index >= 15 is 0 Å². The first-order valence-electron chi connectivity index (χ1n) is 5.86. The highest BCUT2D eigenvalue weighted by molar-refractivity contribution is 5.76. The molecule has 0 bridgehead atoms. The molecule has 0 aliphatic rings. The summed E-state index contributed by atoms with van der Waals surface area (Å²) in [5.41, 5.74) is 4.12. The van der Waals surface area contributed by atoms with E-state index in [1.165, 1.54) is 16.7 Å². The van der Waals surface area contributed by atoms with Gasteiger partial charge in [0.1, 0.15) is 5.78 Å². The number of carbonyl (C=O) groups is 1. The van der Waals surface area contributed by atoms with E-state index in [-0.39, 0.29) is 11.2 Å². The van der Waals surface area contributed by atoms with Crippen molar-refractivity contribution in [2.45, 2.75) is 47.5 Å². The van der Waals surface area contributed by atoms with Crippen LogP contribution in [0, 0.1) is 19.3 Å². The number of hydrogen-bond acceptors (Lipinski definition) is 1. The van der Waals surface area contributed by atoms with Crippen LogP contribution in [0.5, 0.6) is 0 Å². The molecule has 0 aliphatic carbocycles. The van der Waals surface area contributed by atoms with E-state index in [4.69, 9.17) is 0 Å². The minimum atomic E-state index is 0.0582. The summed E-state index contributed by atoms with van der Waals surface area (Å²) >= 11 is 0. The van der Waals surface area contributed by atoms with Crippen molar-refractivity contribution in [3.05, 3.63) is 34.9 Å². The quantitative estimate of drug-likeness (QED) is 0.750. The third-order valence-corrected chi connectivity index (χ3v) is 3.03. The molecule has 0 saturated carbocycles. The summed E-state index contributed by atoms with van der Waals surface area (Å²) in [7, 11) is 0. The molecule has 0 saturated heterocycles. The molecule has 0 atom stereocenters. The molecule has 1 aromatic carbocycles. The Balaban J connectivity index is 2.91. The van der Waals surface area contributed by atoms with Crippen molar-refractivity contribution in [3.8, 4) is 0 Å². The fraction of sp³-hybridized carbons (Fsp3) is 0.533. The lowest BCUT2D eigenvalue weighted by Crippen LogP contribution is -2.19. The second kappa shape index (κ2) is 4.82. The normalized spacial score (nSPS) is 11.6. The molecule has 0 amide bonds. The van der Waals surface area contributed by atoms with E-state index in [2.05, 4.69) is 45.9 Å². The van der Waals surface area contributed by atoms with Crippen LogP contribution < -0.4 is 0 Å². The van der Waals surface area contributed by atoms with E-state index in [0.29, 0.717) is 6.42 Å². The molecule has 1 nitrogen and oxygen atoms in total. The van der Waals surface area contributed by atoms with Crippen molar-refractivity contribution >= 4 is 5.78 Å². The van der Waals surface area contributed by atoms with Gasteiger partial charge in [-0.1, -0.05) is 32.0 Å². The zero-order chi connectivity index (χ0) is 12.3. The molecule has 0 N–H and O–H groups in total. The minimum absolute atomic E-state index is 0.0582. The molecule has 0 spiro atoms. The van der Waals surface area contributed by atoms with Crippen LogP contribution in [-0.4, -0.2) is 5.78 Å². The van der Waals surface area contributed by atoms with Crippen molar-refractivity contribution in [1.29, 1.82) is 0 Å². The minimum Gasteiger partial charge on any atom is -0.300 e. The summed E-state index contributed by atoms with van der Waals surface area (Å²) < 4.78 is 0. The van der Waals surface area contributed by atoms with Crippen LogP contribution in [0.2, 0.25) is 0 Å². The van der Waals surface area contributed by atoms with E-state index in [1.807, 2.05) is 0 Å². The van der Waals surface area contributed by atoms with Crippen LogP contribution in [-0.2, 0) is 11.2 Å². The van der Waals surface area contributed by atoms with Crippen LogP contribution in [0.15, 0.2) is 18.2 Å². The summed E-state index contributed by atoms with van der Waals surface area (Å²) in [6.45, 7) is 10.3. The van der Waals surface area contributed by atoms with Gasteiger partial charge >= 0.3 is 0 Å². The Morgan fingerprint density at radius 3 is 2.12 bits per heavy atom. The Hall–Kier alpha value is -1.11. The molecule has 0 fully saturated rings. The average Bonchev–Trinajstić information content (AvgIpc) is 2.09. The van der Waals surface area contributed by atoms with Gasteiger partial charge < -0.3 is 4.79 Å². The van der Waals surface area contributed by atoms with E-state index in [9.17, 15) is 4.79 Å². The van der Waals surface area contributed by atoms with Gasteiger partial charge in [0, 0.05) is 6.42 Å². The molecule has 88 valence electrons. The number of hydrogen-bond donors (Lipinski definition) is 0. The summed E-state index contributed by atoms with van der Waals surface area (Å²) in [4.78, 5) is 11.2. The Morgan fingerprint density at radius 1 is 1.19 bits per heavy atom. The molecule has 0 aromatic heterocycles. The highest BCUT2D eigenvalue weighted by Gasteiger charge is 2.22. The van der Waals surface area contributed by atoms with Gasteiger partial charge in [-0.2, -0.15) is 0 Å². The van der Waals surface area contributed by atoms with Crippen molar-refractivity contribution in [1.82, 2.24) is 0 Å². The van der Waals surface area contributed by atoms with Crippen LogP contribution in [0.3, 0.4) is 0 Å². The Labute approximate surface area is 98.9 Å². The number of benzene rings is 1. The summed E-state index contributed by atoms with van der Waals surface area (Å²) in [6.07, 6.45) is 1.63. The fourth-order valence-electron chi connectivity index (χ4n) is 2.34. The van der Waals surface area contributed by atoms with Crippen molar-refractivity contribution < 1.29 is 4.79 Å². The highest BCUT2D eigenvalue weighted by Crippen LogP contribution is 2.29.